The third kappa shape index (κ3) is 4.75. The molecule has 0 saturated heterocycles. The second-order valence-electron chi connectivity index (χ2n) is 9.12. The number of nitrogen functional groups attached to an aromatic ring is 2. The summed E-state index contributed by atoms with van der Waals surface area (Å²) in [7, 11) is -1.06. The van der Waals surface area contributed by atoms with Crippen molar-refractivity contribution < 1.29 is 12.8 Å². The molecule has 4 N–H and O–H groups in total. The van der Waals surface area contributed by atoms with Gasteiger partial charge < -0.3 is 11.5 Å². The largest absolute Gasteiger partial charge is 0.382 e. The second kappa shape index (κ2) is 9.82. The van der Waals surface area contributed by atoms with Gasteiger partial charge in [-0.25, -0.2) is 28.3 Å². The molecule has 0 saturated carbocycles. The minimum absolute atomic E-state index is 0.0163. The quantitative estimate of drug-likeness (QED) is 0.465. The summed E-state index contributed by atoms with van der Waals surface area (Å²) in [5.74, 6) is -0.375. The van der Waals surface area contributed by atoms with E-state index in [0.717, 1.165) is 15.0 Å². The Balaban J connectivity index is 1.82. The van der Waals surface area contributed by atoms with Gasteiger partial charge in [0.1, 0.15) is 17.2 Å². The predicted octanol–water partition coefficient (Wildman–Crippen LogP) is 2.90. The maximum absolute atomic E-state index is 14.3. The molecule has 36 heavy (non-hydrogen) atoms. The van der Waals surface area contributed by atoms with Gasteiger partial charge in [-0.05, 0) is 37.0 Å². The molecule has 3 heterocycles. The summed E-state index contributed by atoms with van der Waals surface area (Å²) < 4.78 is 44.2. The highest BCUT2D eigenvalue weighted by Gasteiger charge is 2.31. The topological polar surface area (TPSA) is 149 Å². The number of pyridine rings is 1. The Morgan fingerprint density at radius 3 is 2.42 bits per heavy atom. The third-order valence-corrected chi connectivity index (χ3v) is 7.50. The minimum Gasteiger partial charge on any atom is -0.382 e. The average molecular weight is 516 g/mol. The van der Waals surface area contributed by atoms with Crippen LogP contribution in [0.3, 0.4) is 0 Å². The van der Waals surface area contributed by atoms with Gasteiger partial charge in [0.15, 0.2) is 23.1 Å². The average Bonchev–Trinajstić information content (AvgIpc) is 3.17. The molecule has 0 radical (unpaired) electrons. The maximum Gasteiger partial charge on any atom is 0.303 e. The van der Waals surface area contributed by atoms with Gasteiger partial charge in [0.05, 0.1) is 11.9 Å². The zero-order valence-corrected chi connectivity index (χ0v) is 21.5. The molecule has 0 amide bonds. The first-order chi connectivity index (χ1) is 17.0. The Morgan fingerprint density at radius 2 is 1.81 bits per heavy atom. The fraction of sp³-hybridized carbons (Fsp3) is 0.391. The molecule has 0 fully saturated rings. The number of hydrogen-bond acceptors (Lipinski definition) is 8. The lowest BCUT2D eigenvalue weighted by Gasteiger charge is -2.29. The molecular weight excluding hydrogens is 485 g/mol. The van der Waals surface area contributed by atoms with E-state index in [0.29, 0.717) is 28.7 Å². The summed E-state index contributed by atoms with van der Waals surface area (Å²) >= 11 is 0. The normalized spacial score (nSPS) is 14.4. The fourth-order valence-corrected chi connectivity index (χ4v) is 5.26. The summed E-state index contributed by atoms with van der Waals surface area (Å²) in [4.78, 5) is 13.2. The van der Waals surface area contributed by atoms with E-state index in [-0.39, 0.29) is 48.0 Å². The molecule has 1 aliphatic carbocycles. The van der Waals surface area contributed by atoms with Crippen molar-refractivity contribution in [1.82, 2.24) is 29.0 Å². The van der Waals surface area contributed by atoms with Crippen LogP contribution in [-0.4, -0.2) is 58.1 Å². The molecule has 11 nitrogen and oxygen atoms in total. The molecule has 0 bridgehead atoms. The Labute approximate surface area is 209 Å². The lowest BCUT2D eigenvalue weighted by molar-refractivity contribution is 0.508. The molecule has 1 aliphatic rings. The monoisotopic (exact) mass is 515 g/mol. The molecule has 3 aromatic heterocycles. The molecule has 0 atom stereocenters. The van der Waals surface area contributed by atoms with E-state index < -0.39 is 10.2 Å². The molecule has 0 spiro atoms. The van der Waals surface area contributed by atoms with Crippen LogP contribution in [-0.2, 0) is 16.8 Å². The van der Waals surface area contributed by atoms with Gasteiger partial charge in [0.2, 0.25) is 0 Å². The van der Waals surface area contributed by atoms with Crippen molar-refractivity contribution in [1.29, 1.82) is 0 Å². The smallest absolute Gasteiger partial charge is 0.303 e. The van der Waals surface area contributed by atoms with E-state index in [2.05, 4.69) is 20.1 Å². The van der Waals surface area contributed by atoms with Gasteiger partial charge in [-0.3, -0.25) is 0 Å². The van der Waals surface area contributed by atoms with Crippen molar-refractivity contribution in [3.05, 3.63) is 41.9 Å². The fourth-order valence-electron chi connectivity index (χ4n) is 3.96. The van der Waals surface area contributed by atoms with Gasteiger partial charge >= 0.3 is 10.2 Å². The molecule has 0 unspecified atom stereocenters. The Bertz CT molecular complexity index is 1440. The van der Waals surface area contributed by atoms with Gasteiger partial charge in [0, 0.05) is 32.4 Å². The molecular formula is C23H30FN9O2S. The number of nitrogens with zero attached hydrogens (tertiary/aromatic N) is 7. The van der Waals surface area contributed by atoms with E-state index in [1.165, 1.54) is 14.1 Å². The first-order valence-corrected chi connectivity index (χ1v) is 12.9. The van der Waals surface area contributed by atoms with Crippen LogP contribution in [0.15, 0.2) is 41.9 Å². The number of allylic oxidation sites excluding steroid dienone is 4. The van der Waals surface area contributed by atoms with Crippen LogP contribution < -0.4 is 15.8 Å². The van der Waals surface area contributed by atoms with Crippen molar-refractivity contribution in [2.24, 2.45) is 5.92 Å². The van der Waals surface area contributed by atoms with Crippen LogP contribution in [0.2, 0.25) is 0 Å². The van der Waals surface area contributed by atoms with Crippen molar-refractivity contribution in [2.45, 2.75) is 33.2 Å². The zero-order chi connectivity index (χ0) is 26.2. The number of hydrogen-bond donors (Lipinski definition) is 2. The lowest BCUT2D eigenvalue weighted by Crippen LogP contribution is -2.43. The number of fused-ring (bicyclic) bond motifs is 1. The van der Waals surface area contributed by atoms with E-state index in [1.807, 2.05) is 19.9 Å². The summed E-state index contributed by atoms with van der Waals surface area (Å²) in [6.45, 7) is 4.08. The summed E-state index contributed by atoms with van der Waals surface area (Å²) in [6.07, 6.45) is 6.44. The van der Waals surface area contributed by atoms with Crippen LogP contribution in [0, 0.1) is 5.92 Å². The van der Waals surface area contributed by atoms with Crippen molar-refractivity contribution in [2.75, 3.05) is 36.4 Å². The lowest BCUT2D eigenvalue weighted by atomic mass is 10.1. The Kier molecular flexibility index (Phi) is 6.96. The van der Waals surface area contributed by atoms with Crippen LogP contribution >= 0.6 is 0 Å². The number of nitrogens with two attached hydrogens (primary N) is 2. The highest BCUT2D eigenvalue weighted by molar-refractivity contribution is 7.90. The molecule has 3 aromatic rings. The number of aromatic nitrogens is 5. The van der Waals surface area contributed by atoms with E-state index in [1.54, 1.807) is 29.1 Å². The highest BCUT2D eigenvalue weighted by atomic mass is 32.2. The van der Waals surface area contributed by atoms with Crippen molar-refractivity contribution in [3.8, 4) is 11.5 Å². The Hall–Kier alpha value is -3.58. The first kappa shape index (κ1) is 25.5. The van der Waals surface area contributed by atoms with Crippen LogP contribution in [0.25, 0.3) is 22.6 Å². The van der Waals surface area contributed by atoms with Gasteiger partial charge in [0.25, 0.3) is 0 Å². The highest BCUT2D eigenvalue weighted by Crippen LogP contribution is 2.35. The SMILES string of the molecule is CC(C)CN(c1c(N)nc(-c2nn(CC3=CCCC=C3F)c3ncccc23)nc1N)S(=O)(=O)N(C)C. The number of rotatable bonds is 8. The van der Waals surface area contributed by atoms with Gasteiger partial charge in [-0.15, -0.1) is 0 Å². The van der Waals surface area contributed by atoms with E-state index in [9.17, 15) is 12.8 Å². The summed E-state index contributed by atoms with van der Waals surface area (Å²) in [5, 5.41) is 5.24. The minimum atomic E-state index is -3.91. The zero-order valence-electron chi connectivity index (χ0n) is 20.7. The van der Waals surface area contributed by atoms with E-state index >= 15 is 0 Å². The summed E-state index contributed by atoms with van der Waals surface area (Å²) in [5.41, 5.74) is 14.0. The van der Waals surface area contributed by atoms with Gasteiger partial charge in [-0.2, -0.15) is 17.8 Å². The molecule has 0 aliphatic heterocycles. The van der Waals surface area contributed by atoms with Crippen LogP contribution in [0.5, 0.6) is 0 Å². The van der Waals surface area contributed by atoms with Gasteiger partial charge in [-0.1, -0.05) is 19.9 Å². The second-order valence-corrected chi connectivity index (χ2v) is 11.2. The maximum atomic E-state index is 14.3. The third-order valence-electron chi connectivity index (χ3n) is 5.68. The molecule has 13 heteroatoms. The molecule has 0 aromatic carbocycles. The van der Waals surface area contributed by atoms with Crippen LogP contribution in [0.4, 0.5) is 21.7 Å². The van der Waals surface area contributed by atoms with Crippen molar-refractivity contribution in [3.63, 3.8) is 0 Å². The Morgan fingerprint density at radius 1 is 1.14 bits per heavy atom. The van der Waals surface area contributed by atoms with Crippen LogP contribution in [0.1, 0.15) is 26.7 Å². The molecule has 192 valence electrons. The van der Waals surface area contributed by atoms with E-state index in [4.69, 9.17) is 11.5 Å². The number of anilines is 3. The predicted molar refractivity (Wildman–Crippen MR) is 139 cm³/mol. The molecule has 4 rings (SSSR count). The standard InChI is InChI=1S/C23H30FN9O2S/c1-14(2)12-33(36(34,35)31(3)4)19-20(25)28-22(29-21(19)26)18-16-9-7-11-27-23(16)32(30-18)13-15-8-5-6-10-17(15)24/h7-11,14H,5-6,12-13H2,1-4H3,(H4,25,26,28,29). The first-order valence-electron chi connectivity index (χ1n) is 11.5. The summed E-state index contributed by atoms with van der Waals surface area (Å²) in [6, 6.07) is 3.54. The number of halogens is 1. The van der Waals surface area contributed by atoms with Crippen molar-refractivity contribution >= 4 is 38.6 Å².